The van der Waals surface area contributed by atoms with E-state index in [-0.39, 0.29) is 17.5 Å². The van der Waals surface area contributed by atoms with Crippen molar-refractivity contribution in [3.05, 3.63) is 17.8 Å². The molecule has 2 rings (SSSR count). The summed E-state index contributed by atoms with van der Waals surface area (Å²) in [7, 11) is 0. The number of anilines is 1. The summed E-state index contributed by atoms with van der Waals surface area (Å²) in [6, 6.07) is 3.73. The van der Waals surface area contributed by atoms with Crippen molar-refractivity contribution < 1.29 is 9.59 Å². The summed E-state index contributed by atoms with van der Waals surface area (Å²) in [6.07, 6.45) is 3.23. The minimum absolute atomic E-state index is 0.0570. The third kappa shape index (κ3) is 5.37. The first kappa shape index (κ1) is 15.2. The molecule has 0 saturated heterocycles. The monoisotopic (exact) mass is 291 g/mol. The molecular formula is C14H21N5O2. The molecule has 0 bridgehead atoms. The maximum atomic E-state index is 11.8. The van der Waals surface area contributed by atoms with E-state index in [0.29, 0.717) is 31.2 Å². The zero-order valence-electron chi connectivity index (χ0n) is 12.2. The van der Waals surface area contributed by atoms with Gasteiger partial charge >= 0.3 is 0 Å². The zero-order chi connectivity index (χ0) is 15.1. The van der Waals surface area contributed by atoms with Gasteiger partial charge in [-0.1, -0.05) is 0 Å². The number of nitrogens with one attached hydrogen (secondary N) is 3. The van der Waals surface area contributed by atoms with Gasteiger partial charge in [0.1, 0.15) is 5.82 Å². The summed E-state index contributed by atoms with van der Waals surface area (Å²) in [5.41, 5.74) is 0.277. The Morgan fingerprint density at radius 1 is 1.29 bits per heavy atom. The van der Waals surface area contributed by atoms with Crippen LogP contribution in [0.3, 0.4) is 0 Å². The van der Waals surface area contributed by atoms with Gasteiger partial charge in [-0.15, -0.1) is 10.2 Å². The van der Waals surface area contributed by atoms with Gasteiger partial charge in [-0.05, 0) is 38.3 Å². The molecule has 1 saturated carbocycles. The molecule has 0 atom stereocenters. The lowest BCUT2D eigenvalue weighted by Gasteiger charge is -2.06. The Hall–Kier alpha value is -2.18. The number of amides is 2. The minimum Gasteiger partial charge on any atom is -0.369 e. The van der Waals surface area contributed by atoms with Crippen LogP contribution >= 0.6 is 0 Å². The first-order valence-corrected chi connectivity index (χ1v) is 7.34. The van der Waals surface area contributed by atoms with Crippen LogP contribution in [0.25, 0.3) is 0 Å². The smallest absolute Gasteiger partial charge is 0.271 e. The van der Waals surface area contributed by atoms with Crippen molar-refractivity contribution in [3.63, 3.8) is 0 Å². The highest BCUT2D eigenvalue weighted by atomic mass is 16.2. The molecule has 1 heterocycles. The lowest BCUT2D eigenvalue weighted by atomic mass is 10.3. The Bertz CT molecular complexity index is 485. The van der Waals surface area contributed by atoms with Crippen LogP contribution in [0.4, 0.5) is 5.82 Å². The van der Waals surface area contributed by atoms with E-state index < -0.39 is 0 Å². The summed E-state index contributed by atoms with van der Waals surface area (Å²) in [5.74, 6) is 0.431. The van der Waals surface area contributed by atoms with Crippen molar-refractivity contribution in [2.75, 3.05) is 18.4 Å². The molecule has 3 N–H and O–H groups in total. The third-order valence-corrected chi connectivity index (χ3v) is 3.06. The second-order valence-electron chi connectivity index (χ2n) is 5.04. The van der Waals surface area contributed by atoms with Crippen LogP contribution in [-0.4, -0.2) is 41.1 Å². The van der Waals surface area contributed by atoms with E-state index in [2.05, 4.69) is 26.1 Å². The average Bonchev–Trinajstić information content (AvgIpc) is 3.28. The second-order valence-corrected chi connectivity index (χ2v) is 5.04. The predicted octanol–water partition coefficient (Wildman–Crippen LogP) is 0.697. The Kier molecular flexibility index (Phi) is 5.48. The molecule has 7 heteroatoms. The fourth-order valence-electron chi connectivity index (χ4n) is 1.80. The van der Waals surface area contributed by atoms with Crippen LogP contribution in [0, 0.1) is 0 Å². The quantitative estimate of drug-likeness (QED) is 0.613. The number of carbonyl (C=O) groups excluding carboxylic acids is 2. The zero-order valence-corrected chi connectivity index (χ0v) is 12.2. The Morgan fingerprint density at radius 3 is 2.71 bits per heavy atom. The number of nitrogens with zero attached hydrogens (tertiary/aromatic N) is 2. The lowest BCUT2D eigenvalue weighted by Crippen LogP contribution is -2.29. The molecule has 0 aliphatic heterocycles. The molecule has 1 fully saturated rings. The standard InChI is InChI=1S/C14H21N5O2/c1-2-15-12-8-7-11(18-19-12)14(21)16-9-3-4-13(20)17-10-5-6-10/h7-8,10H,2-6,9H2,1H3,(H,15,19)(H,16,21)(H,17,20). The molecule has 0 aromatic carbocycles. The lowest BCUT2D eigenvalue weighted by molar-refractivity contribution is -0.121. The van der Waals surface area contributed by atoms with Gasteiger partial charge in [0, 0.05) is 25.6 Å². The molecule has 1 aliphatic carbocycles. The normalized spacial score (nSPS) is 13.6. The molecule has 0 spiro atoms. The molecule has 21 heavy (non-hydrogen) atoms. The summed E-state index contributed by atoms with van der Waals surface area (Å²) >= 11 is 0. The summed E-state index contributed by atoms with van der Waals surface area (Å²) in [4.78, 5) is 23.3. The highest BCUT2D eigenvalue weighted by Gasteiger charge is 2.22. The molecular weight excluding hydrogens is 270 g/mol. The molecule has 1 aromatic heterocycles. The van der Waals surface area contributed by atoms with E-state index in [1.165, 1.54) is 0 Å². The summed E-state index contributed by atoms with van der Waals surface area (Å²) < 4.78 is 0. The van der Waals surface area contributed by atoms with E-state index in [9.17, 15) is 9.59 Å². The van der Waals surface area contributed by atoms with Gasteiger partial charge in [0.2, 0.25) is 5.91 Å². The van der Waals surface area contributed by atoms with E-state index in [0.717, 1.165) is 19.4 Å². The van der Waals surface area contributed by atoms with Crippen molar-refractivity contribution in [2.24, 2.45) is 0 Å². The number of carbonyl (C=O) groups is 2. The fraction of sp³-hybridized carbons (Fsp3) is 0.571. The third-order valence-electron chi connectivity index (χ3n) is 3.06. The van der Waals surface area contributed by atoms with Crippen LogP contribution in [-0.2, 0) is 4.79 Å². The highest BCUT2D eigenvalue weighted by Crippen LogP contribution is 2.18. The molecule has 0 radical (unpaired) electrons. The molecule has 0 unspecified atom stereocenters. The molecule has 7 nitrogen and oxygen atoms in total. The minimum atomic E-state index is -0.270. The van der Waals surface area contributed by atoms with Crippen LogP contribution in [0.5, 0.6) is 0 Å². The number of hydrogen-bond donors (Lipinski definition) is 3. The van der Waals surface area contributed by atoms with Crippen LogP contribution in [0.15, 0.2) is 12.1 Å². The van der Waals surface area contributed by atoms with Crippen molar-refractivity contribution in [1.29, 1.82) is 0 Å². The molecule has 1 aromatic rings. The largest absolute Gasteiger partial charge is 0.369 e. The Labute approximate surface area is 123 Å². The van der Waals surface area contributed by atoms with Crippen molar-refractivity contribution in [1.82, 2.24) is 20.8 Å². The SMILES string of the molecule is CCNc1ccc(C(=O)NCCCC(=O)NC2CC2)nn1. The van der Waals surface area contributed by atoms with Crippen molar-refractivity contribution in [3.8, 4) is 0 Å². The predicted molar refractivity (Wildman–Crippen MR) is 78.9 cm³/mol. The molecule has 1 aliphatic rings. The molecule has 2 amide bonds. The van der Waals surface area contributed by atoms with Crippen molar-refractivity contribution >= 4 is 17.6 Å². The van der Waals surface area contributed by atoms with Crippen LogP contribution in [0.2, 0.25) is 0 Å². The number of rotatable bonds is 8. The van der Waals surface area contributed by atoms with Gasteiger partial charge in [0.25, 0.3) is 5.91 Å². The van der Waals surface area contributed by atoms with E-state index in [1.807, 2.05) is 6.92 Å². The van der Waals surface area contributed by atoms with Gasteiger partial charge in [-0.25, -0.2) is 0 Å². The second kappa shape index (κ2) is 7.56. The van der Waals surface area contributed by atoms with Gasteiger partial charge in [0.15, 0.2) is 5.69 Å². The van der Waals surface area contributed by atoms with Crippen LogP contribution < -0.4 is 16.0 Å². The number of hydrogen-bond acceptors (Lipinski definition) is 5. The van der Waals surface area contributed by atoms with Gasteiger partial charge in [-0.2, -0.15) is 0 Å². The summed E-state index contributed by atoms with van der Waals surface area (Å²) in [6.45, 7) is 3.17. The van der Waals surface area contributed by atoms with E-state index in [1.54, 1.807) is 12.1 Å². The van der Waals surface area contributed by atoms with Crippen LogP contribution in [0.1, 0.15) is 43.1 Å². The Morgan fingerprint density at radius 2 is 2.10 bits per heavy atom. The van der Waals surface area contributed by atoms with E-state index >= 15 is 0 Å². The topological polar surface area (TPSA) is 96.0 Å². The first-order valence-electron chi connectivity index (χ1n) is 7.34. The van der Waals surface area contributed by atoms with Gasteiger partial charge < -0.3 is 16.0 Å². The van der Waals surface area contributed by atoms with Gasteiger partial charge in [-0.3, -0.25) is 9.59 Å². The Balaban J connectivity index is 1.65. The van der Waals surface area contributed by atoms with Gasteiger partial charge in [0.05, 0.1) is 0 Å². The summed E-state index contributed by atoms with van der Waals surface area (Å²) in [5, 5.41) is 16.4. The average molecular weight is 291 g/mol. The van der Waals surface area contributed by atoms with Crippen molar-refractivity contribution in [2.45, 2.75) is 38.6 Å². The first-order chi connectivity index (χ1) is 10.2. The maximum absolute atomic E-state index is 11.8. The fourth-order valence-corrected chi connectivity index (χ4v) is 1.80. The highest BCUT2D eigenvalue weighted by molar-refractivity contribution is 5.92. The molecule has 114 valence electrons. The number of aromatic nitrogens is 2. The maximum Gasteiger partial charge on any atom is 0.271 e. The van der Waals surface area contributed by atoms with E-state index in [4.69, 9.17) is 0 Å².